The summed E-state index contributed by atoms with van der Waals surface area (Å²) < 4.78 is 124. The number of nitrogens with one attached hydrogen (secondary N) is 4. The topological polar surface area (TPSA) is 283 Å². The van der Waals surface area contributed by atoms with E-state index in [0.29, 0.717) is 0 Å². The molecule has 0 unspecified atom stereocenters. The van der Waals surface area contributed by atoms with Crippen LogP contribution < -0.4 is 20.1 Å². The number of benzene rings is 6. The van der Waals surface area contributed by atoms with E-state index in [4.69, 9.17) is 0 Å². The lowest BCUT2D eigenvalue weighted by molar-refractivity contribution is 0.262. The van der Waals surface area contributed by atoms with Gasteiger partial charge in [0.05, 0.1) is 21.2 Å². The summed E-state index contributed by atoms with van der Waals surface area (Å²) in [5, 5.41) is 25.5. The van der Waals surface area contributed by atoms with Gasteiger partial charge in [-0.15, -0.1) is 0 Å². The van der Waals surface area contributed by atoms with Gasteiger partial charge in [0.1, 0.15) is 21.3 Å². The molecule has 0 heterocycles. The molecule has 0 saturated carbocycles. The van der Waals surface area contributed by atoms with E-state index in [1.54, 1.807) is 0 Å². The minimum Gasteiger partial charge on any atom is -0.506 e. The quantitative estimate of drug-likeness (QED) is 0.0833. The second-order valence-corrected chi connectivity index (χ2v) is 17.5. The second-order valence-electron chi connectivity index (χ2n) is 11.4. The van der Waals surface area contributed by atoms with Gasteiger partial charge >= 0.3 is 6.03 Å². The molecule has 280 valence electrons. The summed E-state index contributed by atoms with van der Waals surface area (Å²) in [5.41, 5.74) is -0.0282. The fraction of sp³-hybridized carbons (Fsp3) is 0. The Bertz CT molecular complexity index is 2740. The number of hydrogen-bond acceptors (Lipinski definition) is 11. The summed E-state index contributed by atoms with van der Waals surface area (Å²) in [5.74, 6) is -1.76. The van der Waals surface area contributed by atoms with Crippen LogP contribution in [0.4, 0.5) is 27.5 Å². The van der Waals surface area contributed by atoms with Gasteiger partial charge in [0, 0.05) is 45.1 Å². The summed E-state index contributed by atoms with van der Waals surface area (Å²) in [7, 11) is -18.4. The minimum atomic E-state index is -4.86. The van der Waals surface area contributed by atoms with Crippen LogP contribution in [0, 0.1) is 0 Å². The Morgan fingerprint density at radius 3 is 1.09 bits per heavy atom. The predicted molar refractivity (Wildman–Crippen MR) is 198 cm³/mol. The Morgan fingerprint density at radius 1 is 0.463 bits per heavy atom. The molecule has 0 radical (unpaired) electrons. The Labute approximate surface area is 307 Å². The molecule has 0 spiro atoms. The van der Waals surface area contributed by atoms with E-state index in [2.05, 4.69) is 20.1 Å². The van der Waals surface area contributed by atoms with Crippen molar-refractivity contribution in [3.63, 3.8) is 0 Å². The maximum atomic E-state index is 13.2. The lowest BCUT2D eigenvalue weighted by Crippen LogP contribution is -2.20. The van der Waals surface area contributed by atoms with Gasteiger partial charge in [-0.25, -0.2) is 21.6 Å². The molecule has 6 aromatic rings. The first kappa shape index (κ1) is 37.8. The van der Waals surface area contributed by atoms with E-state index in [0.717, 1.165) is 12.1 Å². The zero-order valence-electron chi connectivity index (χ0n) is 27.0. The SMILES string of the molecule is O=C(Nc1ccc(S(=O)(=O)Nc2cc(O)c(S(=O)(=O)O)c3ccccc23)cc1)Nc1ccc(S(=O)(=O)Nc2cc(O)c(S(=O)(=O)O)c3ccccc23)cc1. The lowest BCUT2D eigenvalue weighted by Gasteiger charge is -2.15. The normalized spacial score (nSPS) is 12.3. The molecule has 54 heavy (non-hydrogen) atoms. The van der Waals surface area contributed by atoms with Crippen LogP contribution in [0.1, 0.15) is 0 Å². The van der Waals surface area contributed by atoms with Gasteiger partial charge in [-0.1, -0.05) is 48.5 Å². The standard InChI is InChI=1S/C33H26N4O13S4/c38-29-17-27(23-5-1-3-7-25(23)31(29)53(45,46)47)36-51(41,42)21-13-9-19(10-14-21)34-33(40)35-20-11-15-22(16-12-20)52(43,44)37-28-18-30(39)32(54(48,49)50)26-8-4-2-6-24(26)28/h1-18,36-39H,(H2,34,35,40)(H,45,46,47)(H,48,49,50). The molecule has 0 aliphatic carbocycles. The molecule has 8 N–H and O–H groups in total. The molecule has 6 aromatic carbocycles. The fourth-order valence-electron chi connectivity index (χ4n) is 5.51. The van der Waals surface area contributed by atoms with E-state index in [1.807, 2.05) is 0 Å². The molecule has 2 amide bonds. The summed E-state index contributed by atoms with van der Waals surface area (Å²) in [6.45, 7) is 0. The molecule has 17 nitrogen and oxygen atoms in total. The molecule has 21 heteroatoms. The van der Waals surface area contributed by atoms with E-state index in [1.165, 1.54) is 97.1 Å². The van der Waals surface area contributed by atoms with Crippen LogP contribution in [0.25, 0.3) is 21.5 Å². The number of anilines is 4. The van der Waals surface area contributed by atoms with Gasteiger partial charge in [-0.3, -0.25) is 18.5 Å². The molecular weight excluding hydrogens is 789 g/mol. The van der Waals surface area contributed by atoms with Crippen LogP contribution in [0.3, 0.4) is 0 Å². The van der Waals surface area contributed by atoms with Gasteiger partial charge < -0.3 is 20.8 Å². The zero-order valence-corrected chi connectivity index (χ0v) is 30.3. The highest BCUT2D eigenvalue weighted by Gasteiger charge is 2.25. The second kappa shape index (κ2) is 13.8. The smallest absolute Gasteiger partial charge is 0.323 e. The Morgan fingerprint density at radius 2 is 0.778 bits per heavy atom. The third kappa shape index (κ3) is 7.71. The van der Waals surface area contributed by atoms with E-state index < -0.39 is 67.6 Å². The number of phenols is 2. The number of hydrogen-bond donors (Lipinski definition) is 8. The number of carbonyl (C=O) groups excluding carboxylic acids is 1. The number of amides is 2. The zero-order chi connectivity index (χ0) is 39.2. The van der Waals surface area contributed by atoms with E-state index in [-0.39, 0.29) is 54.1 Å². The van der Waals surface area contributed by atoms with Crippen molar-refractivity contribution in [2.75, 3.05) is 20.1 Å². The van der Waals surface area contributed by atoms with Crippen molar-refractivity contribution in [1.29, 1.82) is 0 Å². The summed E-state index contributed by atoms with van der Waals surface area (Å²) >= 11 is 0. The first-order valence-corrected chi connectivity index (χ1v) is 20.9. The largest absolute Gasteiger partial charge is 0.506 e. The molecule has 0 fully saturated rings. The Hall–Kier alpha value is -5.97. The monoisotopic (exact) mass is 814 g/mol. The molecule has 0 bridgehead atoms. The van der Waals surface area contributed by atoms with Crippen molar-refractivity contribution in [3.8, 4) is 11.5 Å². The Balaban J connectivity index is 1.13. The van der Waals surface area contributed by atoms with Crippen LogP contribution in [-0.2, 0) is 40.3 Å². The maximum Gasteiger partial charge on any atom is 0.323 e. The van der Waals surface area contributed by atoms with Gasteiger partial charge in [-0.05, 0) is 48.5 Å². The fourth-order valence-corrected chi connectivity index (χ4v) is 9.21. The molecular formula is C33H26N4O13S4. The molecule has 0 aliphatic rings. The van der Waals surface area contributed by atoms with E-state index >= 15 is 0 Å². The van der Waals surface area contributed by atoms with Crippen molar-refractivity contribution in [3.05, 3.63) is 109 Å². The number of carbonyl (C=O) groups is 1. The first-order valence-electron chi connectivity index (χ1n) is 15.0. The highest BCUT2D eigenvalue weighted by Crippen LogP contribution is 2.39. The van der Waals surface area contributed by atoms with Crippen molar-refractivity contribution >= 4 is 90.6 Å². The van der Waals surface area contributed by atoms with Crippen LogP contribution >= 0.6 is 0 Å². The first-order chi connectivity index (χ1) is 25.2. The summed E-state index contributed by atoms with van der Waals surface area (Å²) in [6.07, 6.45) is 0. The number of phenolic OH excluding ortho intramolecular Hbond substituents is 2. The van der Waals surface area contributed by atoms with Crippen LogP contribution in [0.15, 0.2) is 129 Å². The van der Waals surface area contributed by atoms with Gasteiger partial charge in [0.2, 0.25) is 0 Å². The van der Waals surface area contributed by atoms with Gasteiger partial charge in [0.15, 0.2) is 0 Å². The number of sulfonamides is 2. The number of aromatic hydroxyl groups is 2. The molecule has 0 saturated heterocycles. The number of rotatable bonds is 10. The van der Waals surface area contributed by atoms with Crippen molar-refractivity contribution in [2.45, 2.75) is 19.6 Å². The highest BCUT2D eigenvalue weighted by molar-refractivity contribution is 7.93. The van der Waals surface area contributed by atoms with Crippen molar-refractivity contribution in [1.82, 2.24) is 0 Å². The van der Waals surface area contributed by atoms with Crippen molar-refractivity contribution in [2.24, 2.45) is 0 Å². The van der Waals surface area contributed by atoms with E-state index in [9.17, 15) is 57.8 Å². The maximum absolute atomic E-state index is 13.2. The summed E-state index contributed by atoms with van der Waals surface area (Å²) in [6, 6.07) is 21.9. The van der Waals surface area contributed by atoms with Crippen LogP contribution in [0.2, 0.25) is 0 Å². The molecule has 6 rings (SSSR count). The van der Waals surface area contributed by atoms with Gasteiger partial charge in [-0.2, -0.15) is 16.8 Å². The summed E-state index contributed by atoms with van der Waals surface area (Å²) in [4.78, 5) is 10.6. The number of urea groups is 1. The average Bonchev–Trinajstić information content (AvgIpc) is 3.07. The average molecular weight is 815 g/mol. The lowest BCUT2D eigenvalue weighted by atomic mass is 10.1. The van der Waals surface area contributed by atoms with Crippen molar-refractivity contribution < 1.29 is 57.8 Å². The minimum absolute atomic E-state index is 0.0744. The van der Waals surface area contributed by atoms with Crippen LogP contribution in [-0.4, -0.2) is 59.0 Å². The molecule has 0 atom stereocenters. The third-order valence-corrected chi connectivity index (χ3v) is 12.5. The Kier molecular flexibility index (Phi) is 9.64. The van der Waals surface area contributed by atoms with Crippen LogP contribution in [0.5, 0.6) is 11.5 Å². The van der Waals surface area contributed by atoms with Gasteiger partial charge in [0.25, 0.3) is 40.3 Å². The highest BCUT2D eigenvalue weighted by atomic mass is 32.2. The molecule has 0 aliphatic heterocycles. The predicted octanol–water partition coefficient (Wildman–Crippen LogP) is 5.14. The number of fused-ring (bicyclic) bond motifs is 2. The molecule has 0 aromatic heterocycles. The third-order valence-electron chi connectivity index (χ3n) is 7.80.